The molecular formula is C75H128O16P2. The van der Waals surface area contributed by atoms with Crippen molar-refractivity contribution in [2.45, 2.75) is 296 Å². The fraction of sp³-hybridized carbons (Fsp3) is 0.693. The molecule has 0 aliphatic carbocycles. The van der Waals surface area contributed by atoms with Crippen LogP contribution in [-0.2, 0) is 55.8 Å². The molecule has 5 atom stereocenters. The minimum absolute atomic E-state index is 0.0870. The van der Waals surface area contributed by atoms with Gasteiger partial charge in [-0.1, -0.05) is 245 Å². The molecule has 0 aromatic heterocycles. The van der Waals surface area contributed by atoms with E-state index in [-0.39, 0.29) is 19.3 Å². The Balaban J connectivity index is 4.64. The average Bonchev–Trinajstić information content (AvgIpc) is 3.52. The maximum atomic E-state index is 12.9. The van der Waals surface area contributed by atoms with E-state index >= 15 is 0 Å². The van der Waals surface area contributed by atoms with Crippen LogP contribution in [0.15, 0.2) is 122 Å². The predicted octanol–water partition coefficient (Wildman–Crippen LogP) is 20.2. The second-order valence-electron chi connectivity index (χ2n) is 23.6. The minimum Gasteiger partial charge on any atom is -0.463 e. The number of esters is 3. The lowest BCUT2D eigenvalue weighted by atomic mass is 10.1. The first-order chi connectivity index (χ1) is 45.2. The Morgan fingerprint density at radius 1 is 0.312 bits per heavy atom. The molecule has 4 N–H and O–H groups in total. The van der Waals surface area contributed by atoms with E-state index in [9.17, 15) is 43.5 Å². The van der Waals surface area contributed by atoms with Crippen molar-refractivity contribution < 1.29 is 75.8 Å². The molecule has 0 spiro atoms. The molecule has 0 rings (SSSR count). The molecule has 0 aliphatic rings. The Hall–Kier alpha value is -4.05. The van der Waals surface area contributed by atoms with E-state index in [1.807, 2.05) is 0 Å². The molecule has 93 heavy (non-hydrogen) atoms. The lowest BCUT2D eigenvalue weighted by Crippen LogP contribution is -2.30. The number of aliphatic hydroxyl groups excluding tert-OH is 2. The van der Waals surface area contributed by atoms with Crippen molar-refractivity contribution in [3.05, 3.63) is 122 Å². The van der Waals surface area contributed by atoms with Crippen LogP contribution in [0.4, 0.5) is 0 Å². The molecule has 0 fully saturated rings. The summed E-state index contributed by atoms with van der Waals surface area (Å²) in [6.07, 6.45) is 78.1. The van der Waals surface area contributed by atoms with Gasteiger partial charge in [-0.05, 0) is 135 Å². The number of ether oxygens (including phenoxy) is 3. The fourth-order valence-corrected chi connectivity index (χ4v) is 10.7. The molecule has 0 radical (unpaired) electrons. The number of rotatable bonds is 67. The van der Waals surface area contributed by atoms with Crippen molar-refractivity contribution >= 4 is 33.6 Å². The van der Waals surface area contributed by atoms with Gasteiger partial charge in [-0.15, -0.1) is 0 Å². The first kappa shape index (κ1) is 89.0. The maximum Gasteiger partial charge on any atom is 0.472 e. The number of phosphoric ester groups is 2. The van der Waals surface area contributed by atoms with Gasteiger partial charge < -0.3 is 34.2 Å². The van der Waals surface area contributed by atoms with Crippen molar-refractivity contribution in [2.24, 2.45) is 0 Å². The lowest BCUT2D eigenvalue weighted by molar-refractivity contribution is -0.161. The van der Waals surface area contributed by atoms with Crippen LogP contribution >= 0.6 is 15.6 Å². The van der Waals surface area contributed by atoms with Crippen LogP contribution in [-0.4, -0.2) is 95.9 Å². The topological polar surface area (TPSA) is 231 Å². The number of hydrogen-bond acceptors (Lipinski definition) is 14. The zero-order valence-corrected chi connectivity index (χ0v) is 59.7. The molecule has 0 saturated carbocycles. The molecule has 18 heteroatoms. The summed E-state index contributed by atoms with van der Waals surface area (Å²) in [6.45, 7) is 2.46. The zero-order valence-electron chi connectivity index (χ0n) is 57.9. The molecule has 0 aliphatic heterocycles. The number of unbranched alkanes of at least 4 members (excludes halogenated alkanes) is 24. The van der Waals surface area contributed by atoms with Crippen molar-refractivity contribution in [3.8, 4) is 0 Å². The molecular weight excluding hydrogens is 1220 g/mol. The first-order valence-electron chi connectivity index (χ1n) is 35.8. The molecule has 534 valence electrons. The summed E-state index contributed by atoms with van der Waals surface area (Å²) in [7, 11) is -9.79. The predicted molar refractivity (Wildman–Crippen MR) is 380 cm³/mol. The Bertz CT molecular complexity index is 2180. The fourth-order valence-electron chi connectivity index (χ4n) is 9.16. The van der Waals surface area contributed by atoms with Crippen LogP contribution in [0.25, 0.3) is 0 Å². The van der Waals surface area contributed by atoms with Gasteiger partial charge in [0.15, 0.2) is 6.10 Å². The minimum atomic E-state index is -4.93. The molecule has 0 bridgehead atoms. The van der Waals surface area contributed by atoms with Crippen molar-refractivity contribution in [3.63, 3.8) is 0 Å². The molecule has 5 unspecified atom stereocenters. The van der Waals surface area contributed by atoms with Gasteiger partial charge in [-0.2, -0.15) is 0 Å². The van der Waals surface area contributed by atoms with E-state index < -0.39 is 91.5 Å². The Morgan fingerprint density at radius 3 is 0.935 bits per heavy atom. The standard InChI is InChI=1S/C75H128O16P2/c1-4-7-10-13-16-19-22-25-27-29-31-33-34-36-38-39-41-44-46-49-52-55-58-61-73(78)85-64-70(76)65-87-92(81,82)88-66-71(77)67-89-93(83,84)90-69-72(91-75(80)63-60-57-54-51-48-43-24-21-18-15-12-9-6-3)68-86-74(79)62-59-56-53-50-47-45-42-40-37-35-32-30-28-26-23-20-17-14-11-8-5-2/h8,11,16-17,19-21,24-28,31-33,35-36,38,40,42,70-72,76-77H,4-7,9-10,12-15,18,22-23,29-30,34,37,39,41,43-69H2,1-3H3,(H,81,82)(H,83,84)/b11-8-,19-16-,20-17-,24-21-,27-25-,28-26-,33-31-,35-32-,38-36-,42-40-. The van der Waals surface area contributed by atoms with Crippen LogP contribution < -0.4 is 0 Å². The summed E-state index contributed by atoms with van der Waals surface area (Å²) in [4.78, 5) is 58.4. The van der Waals surface area contributed by atoms with E-state index in [0.717, 1.165) is 167 Å². The van der Waals surface area contributed by atoms with Crippen LogP contribution in [0.5, 0.6) is 0 Å². The Morgan fingerprint density at radius 2 is 0.570 bits per heavy atom. The normalized spacial score (nSPS) is 14.9. The highest BCUT2D eigenvalue weighted by Crippen LogP contribution is 2.45. The maximum absolute atomic E-state index is 12.9. The summed E-state index contributed by atoms with van der Waals surface area (Å²) in [6, 6.07) is 0. The number of hydrogen-bond donors (Lipinski definition) is 4. The third-order valence-electron chi connectivity index (χ3n) is 14.6. The van der Waals surface area contributed by atoms with Crippen LogP contribution in [0.3, 0.4) is 0 Å². The summed E-state index contributed by atoms with van der Waals surface area (Å²) in [5.41, 5.74) is 0. The van der Waals surface area contributed by atoms with Gasteiger partial charge in [0.2, 0.25) is 0 Å². The first-order valence-corrected chi connectivity index (χ1v) is 38.8. The van der Waals surface area contributed by atoms with Gasteiger partial charge in [-0.25, -0.2) is 9.13 Å². The van der Waals surface area contributed by atoms with Crippen molar-refractivity contribution in [2.75, 3.05) is 39.6 Å². The second-order valence-corrected chi connectivity index (χ2v) is 26.6. The quantitative estimate of drug-likeness (QED) is 0.0146. The molecule has 0 amide bonds. The summed E-state index contributed by atoms with van der Waals surface area (Å²) in [5, 5.41) is 20.6. The van der Waals surface area contributed by atoms with E-state index in [4.69, 9.17) is 32.3 Å². The third-order valence-corrected chi connectivity index (χ3v) is 16.5. The number of carbonyl (C=O) groups excluding carboxylic acids is 3. The smallest absolute Gasteiger partial charge is 0.463 e. The summed E-state index contributed by atoms with van der Waals surface area (Å²) < 4.78 is 60.9. The van der Waals surface area contributed by atoms with E-state index in [1.165, 1.54) is 51.4 Å². The van der Waals surface area contributed by atoms with E-state index in [0.29, 0.717) is 19.3 Å². The van der Waals surface area contributed by atoms with Crippen LogP contribution in [0.2, 0.25) is 0 Å². The monoisotopic (exact) mass is 1350 g/mol. The zero-order chi connectivity index (χ0) is 68.1. The van der Waals surface area contributed by atoms with Crippen molar-refractivity contribution in [1.29, 1.82) is 0 Å². The molecule has 0 aromatic rings. The highest BCUT2D eigenvalue weighted by atomic mass is 31.2. The third kappa shape index (κ3) is 69.1. The number of aliphatic hydroxyl groups is 2. The SMILES string of the molecule is CC/C=C\C/C=C\C/C=C\C/C=C\C/C=C\CCCCCCCC(=O)OCC(COP(=O)(O)OCC(O)COP(=O)(O)OCC(O)COC(=O)CCCCCCCCC/C=C\C/C=C\C/C=C\C/C=C\CCCCC)OC(=O)CCCCCCC/C=C\CCCCCC. The molecule has 0 aromatic carbocycles. The molecule has 16 nitrogen and oxygen atoms in total. The summed E-state index contributed by atoms with van der Waals surface area (Å²) >= 11 is 0. The second kappa shape index (κ2) is 67.9. The van der Waals surface area contributed by atoms with Gasteiger partial charge in [0, 0.05) is 19.3 Å². The Labute approximate surface area is 563 Å². The largest absolute Gasteiger partial charge is 0.472 e. The van der Waals surface area contributed by atoms with Gasteiger partial charge >= 0.3 is 33.6 Å². The number of allylic oxidation sites excluding steroid dienone is 20. The van der Waals surface area contributed by atoms with Gasteiger partial charge in [0.25, 0.3) is 0 Å². The lowest BCUT2D eigenvalue weighted by Gasteiger charge is -2.21. The van der Waals surface area contributed by atoms with Crippen LogP contribution in [0, 0.1) is 0 Å². The number of carbonyl (C=O) groups is 3. The van der Waals surface area contributed by atoms with E-state index in [2.05, 4.69) is 142 Å². The van der Waals surface area contributed by atoms with Crippen molar-refractivity contribution in [1.82, 2.24) is 0 Å². The Kier molecular flexibility index (Phi) is 65.0. The highest BCUT2D eigenvalue weighted by Gasteiger charge is 2.29. The van der Waals surface area contributed by atoms with Gasteiger partial charge in [0.05, 0.1) is 26.4 Å². The van der Waals surface area contributed by atoms with Gasteiger partial charge in [0.1, 0.15) is 25.4 Å². The van der Waals surface area contributed by atoms with E-state index in [1.54, 1.807) is 0 Å². The number of phosphoric acid groups is 2. The molecule has 0 saturated heterocycles. The highest BCUT2D eigenvalue weighted by molar-refractivity contribution is 7.47. The van der Waals surface area contributed by atoms with Gasteiger partial charge in [-0.3, -0.25) is 32.5 Å². The summed E-state index contributed by atoms with van der Waals surface area (Å²) in [5.74, 6) is -1.62. The average molecular weight is 1350 g/mol. The molecule has 0 heterocycles. The van der Waals surface area contributed by atoms with Crippen LogP contribution in [0.1, 0.15) is 278 Å².